The normalized spacial score (nSPS) is 18.6. The maximum absolute atomic E-state index is 12.2. The van der Waals surface area contributed by atoms with E-state index < -0.39 is 0 Å². The summed E-state index contributed by atoms with van der Waals surface area (Å²) in [6.45, 7) is 4.55. The van der Waals surface area contributed by atoms with Crippen LogP contribution in [-0.4, -0.2) is 44.4 Å². The first kappa shape index (κ1) is 17.5. The van der Waals surface area contributed by atoms with Crippen LogP contribution in [0.3, 0.4) is 0 Å². The minimum atomic E-state index is -0.187. The number of ether oxygens (including phenoxy) is 2. The van der Waals surface area contributed by atoms with Gasteiger partial charge in [-0.1, -0.05) is 30.3 Å². The van der Waals surface area contributed by atoms with E-state index in [0.717, 1.165) is 24.5 Å². The Morgan fingerprint density at radius 1 is 1.15 bits per heavy atom. The average Bonchev–Trinajstić information content (AvgIpc) is 3.14. The SMILES string of the molecule is CC(CNC(=O)NCC1COc2ccccc2O1)N1CCc2ccccc21. The summed E-state index contributed by atoms with van der Waals surface area (Å²) in [7, 11) is 0. The molecular weight excluding hydrogens is 342 g/mol. The number of carbonyl (C=O) groups excluding carboxylic acids is 1. The van der Waals surface area contributed by atoms with Gasteiger partial charge in [0.1, 0.15) is 6.61 Å². The van der Waals surface area contributed by atoms with Crippen molar-refractivity contribution in [3.63, 3.8) is 0 Å². The number of nitrogens with one attached hydrogen (secondary N) is 2. The van der Waals surface area contributed by atoms with Crippen LogP contribution in [0.2, 0.25) is 0 Å². The monoisotopic (exact) mass is 367 g/mol. The molecule has 2 aliphatic rings. The van der Waals surface area contributed by atoms with Crippen LogP contribution in [-0.2, 0) is 6.42 Å². The number of hydrogen-bond donors (Lipinski definition) is 2. The second-order valence-corrected chi connectivity index (χ2v) is 7.01. The summed E-state index contributed by atoms with van der Waals surface area (Å²) in [6, 6.07) is 16.1. The van der Waals surface area contributed by atoms with E-state index in [1.807, 2.05) is 24.3 Å². The number of hydrogen-bond acceptors (Lipinski definition) is 4. The quantitative estimate of drug-likeness (QED) is 0.853. The highest BCUT2D eigenvalue weighted by molar-refractivity contribution is 5.74. The fraction of sp³-hybridized carbons (Fsp3) is 0.381. The van der Waals surface area contributed by atoms with Crippen LogP contribution in [0.15, 0.2) is 48.5 Å². The lowest BCUT2D eigenvalue weighted by molar-refractivity contribution is 0.0918. The van der Waals surface area contributed by atoms with Gasteiger partial charge >= 0.3 is 6.03 Å². The topological polar surface area (TPSA) is 62.8 Å². The molecule has 0 aromatic heterocycles. The standard InChI is InChI=1S/C21H25N3O3/c1-15(24-11-10-16-6-2-3-7-18(16)24)12-22-21(25)23-13-17-14-26-19-8-4-5-9-20(19)27-17/h2-9,15,17H,10-14H2,1H3,(H2,22,23,25). The third-order valence-corrected chi connectivity index (χ3v) is 5.07. The van der Waals surface area contributed by atoms with Gasteiger partial charge in [0.05, 0.1) is 6.54 Å². The number of urea groups is 1. The predicted molar refractivity (Wildman–Crippen MR) is 105 cm³/mol. The molecule has 0 fully saturated rings. The molecule has 0 radical (unpaired) electrons. The molecule has 0 saturated heterocycles. The molecule has 142 valence electrons. The Labute approximate surface area is 159 Å². The molecule has 2 aromatic rings. The van der Waals surface area contributed by atoms with Gasteiger partial charge in [0.15, 0.2) is 17.6 Å². The number of anilines is 1. The minimum absolute atomic E-state index is 0.184. The molecule has 27 heavy (non-hydrogen) atoms. The number of benzene rings is 2. The van der Waals surface area contributed by atoms with Gasteiger partial charge in [-0.3, -0.25) is 0 Å². The molecule has 6 heteroatoms. The van der Waals surface area contributed by atoms with Gasteiger partial charge in [0, 0.05) is 24.8 Å². The molecule has 0 spiro atoms. The van der Waals surface area contributed by atoms with Crippen LogP contribution < -0.4 is 25.0 Å². The van der Waals surface area contributed by atoms with Crippen LogP contribution in [0.1, 0.15) is 12.5 Å². The van der Waals surface area contributed by atoms with Gasteiger partial charge in [0.2, 0.25) is 0 Å². The molecule has 2 unspecified atom stereocenters. The molecule has 2 amide bonds. The highest BCUT2D eigenvalue weighted by Gasteiger charge is 2.24. The van der Waals surface area contributed by atoms with Crippen molar-refractivity contribution < 1.29 is 14.3 Å². The van der Waals surface area contributed by atoms with Gasteiger partial charge in [-0.15, -0.1) is 0 Å². The van der Waals surface area contributed by atoms with E-state index in [0.29, 0.717) is 19.7 Å². The molecule has 0 bridgehead atoms. The number of carbonyl (C=O) groups is 1. The Morgan fingerprint density at radius 3 is 2.81 bits per heavy atom. The lowest BCUT2D eigenvalue weighted by Crippen LogP contribution is -2.48. The first-order valence-electron chi connectivity index (χ1n) is 9.45. The van der Waals surface area contributed by atoms with Crippen molar-refractivity contribution in [2.24, 2.45) is 0 Å². The second-order valence-electron chi connectivity index (χ2n) is 7.01. The number of rotatable bonds is 5. The zero-order valence-corrected chi connectivity index (χ0v) is 15.5. The molecule has 2 aromatic carbocycles. The molecule has 2 atom stereocenters. The molecular formula is C21H25N3O3. The summed E-state index contributed by atoms with van der Waals surface area (Å²) >= 11 is 0. The lowest BCUT2D eigenvalue weighted by atomic mass is 10.2. The molecule has 6 nitrogen and oxygen atoms in total. The highest BCUT2D eigenvalue weighted by Crippen LogP contribution is 2.31. The van der Waals surface area contributed by atoms with Crippen molar-refractivity contribution in [1.82, 2.24) is 10.6 Å². The molecule has 4 rings (SSSR count). The van der Waals surface area contributed by atoms with E-state index in [1.165, 1.54) is 11.3 Å². The van der Waals surface area contributed by atoms with E-state index in [4.69, 9.17) is 9.47 Å². The number of fused-ring (bicyclic) bond motifs is 2. The number of amides is 2. The first-order valence-corrected chi connectivity index (χ1v) is 9.45. The average molecular weight is 367 g/mol. The fourth-order valence-corrected chi connectivity index (χ4v) is 3.60. The first-order chi connectivity index (χ1) is 13.2. The fourth-order valence-electron chi connectivity index (χ4n) is 3.60. The van der Waals surface area contributed by atoms with Gasteiger partial charge in [-0.25, -0.2) is 4.79 Å². The summed E-state index contributed by atoms with van der Waals surface area (Å²) in [5.41, 5.74) is 2.65. The van der Waals surface area contributed by atoms with Crippen LogP contribution in [0.4, 0.5) is 10.5 Å². The summed E-state index contributed by atoms with van der Waals surface area (Å²) in [6.07, 6.45) is 0.876. The van der Waals surface area contributed by atoms with Gasteiger partial charge in [-0.2, -0.15) is 0 Å². The van der Waals surface area contributed by atoms with Crippen molar-refractivity contribution in [3.8, 4) is 11.5 Å². The van der Waals surface area contributed by atoms with Crippen molar-refractivity contribution >= 4 is 11.7 Å². The van der Waals surface area contributed by atoms with Crippen LogP contribution >= 0.6 is 0 Å². The Morgan fingerprint density at radius 2 is 1.93 bits per heavy atom. The van der Waals surface area contributed by atoms with E-state index in [9.17, 15) is 4.79 Å². The van der Waals surface area contributed by atoms with Crippen LogP contribution in [0.5, 0.6) is 11.5 Å². The molecule has 2 N–H and O–H groups in total. The zero-order valence-electron chi connectivity index (χ0n) is 15.5. The van der Waals surface area contributed by atoms with Crippen molar-refractivity contribution in [1.29, 1.82) is 0 Å². The maximum atomic E-state index is 12.2. The Bertz CT molecular complexity index is 811. The largest absolute Gasteiger partial charge is 0.486 e. The van der Waals surface area contributed by atoms with Gasteiger partial charge in [0.25, 0.3) is 0 Å². The van der Waals surface area contributed by atoms with Crippen molar-refractivity contribution in [2.45, 2.75) is 25.5 Å². The van der Waals surface area contributed by atoms with Crippen LogP contribution in [0, 0.1) is 0 Å². The zero-order chi connectivity index (χ0) is 18.6. The van der Waals surface area contributed by atoms with E-state index in [1.54, 1.807) is 0 Å². The minimum Gasteiger partial charge on any atom is -0.486 e. The van der Waals surface area contributed by atoms with E-state index in [-0.39, 0.29) is 18.2 Å². The summed E-state index contributed by atoms with van der Waals surface area (Å²) in [5, 5.41) is 5.84. The molecule has 2 heterocycles. The van der Waals surface area contributed by atoms with E-state index in [2.05, 4.69) is 46.7 Å². The smallest absolute Gasteiger partial charge is 0.314 e. The summed E-state index contributed by atoms with van der Waals surface area (Å²) in [4.78, 5) is 14.5. The van der Waals surface area contributed by atoms with Gasteiger partial charge in [-0.05, 0) is 37.1 Å². The molecule has 0 aliphatic carbocycles. The number of nitrogens with zero attached hydrogens (tertiary/aromatic N) is 1. The second kappa shape index (κ2) is 7.78. The molecule has 0 saturated carbocycles. The lowest BCUT2D eigenvalue weighted by Gasteiger charge is -2.28. The summed E-state index contributed by atoms with van der Waals surface area (Å²) in [5.74, 6) is 1.47. The summed E-state index contributed by atoms with van der Waals surface area (Å²) < 4.78 is 11.5. The third kappa shape index (κ3) is 3.94. The highest BCUT2D eigenvalue weighted by atomic mass is 16.6. The Balaban J connectivity index is 1.22. The third-order valence-electron chi connectivity index (χ3n) is 5.07. The predicted octanol–water partition coefficient (Wildman–Crippen LogP) is 2.58. The Hall–Kier alpha value is -2.89. The Kier molecular flexibility index (Phi) is 5.05. The maximum Gasteiger partial charge on any atom is 0.314 e. The van der Waals surface area contributed by atoms with Crippen molar-refractivity contribution in [3.05, 3.63) is 54.1 Å². The van der Waals surface area contributed by atoms with E-state index >= 15 is 0 Å². The van der Waals surface area contributed by atoms with Gasteiger partial charge < -0.3 is 25.0 Å². The number of para-hydroxylation sites is 3. The van der Waals surface area contributed by atoms with Crippen molar-refractivity contribution in [2.75, 3.05) is 31.1 Å². The molecule has 2 aliphatic heterocycles. The van der Waals surface area contributed by atoms with Crippen LogP contribution in [0.25, 0.3) is 0 Å².